The van der Waals surface area contributed by atoms with Gasteiger partial charge in [0.2, 0.25) is 5.91 Å². The molecule has 1 N–H and O–H groups in total. The molecule has 0 aliphatic rings. The maximum Gasteiger partial charge on any atom is 0.241 e. The lowest BCUT2D eigenvalue weighted by atomic mass is 10.3. The van der Waals surface area contributed by atoms with E-state index in [-0.39, 0.29) is 12.5 Å². The standard InChI is InChI=1S/C15H17ClN6O/c1-11-12(16)9-21(19-11)8-4-7-17-15(23)10-22-14-6-3-2-5-13(14)18-20-22/h2-3,5-6,9H,4,7-8,10H2,1H3,(H,17,23). The van der Waals surface area contributed by atoms with Crippen LogP contribution in [0.2, 0.25) is 5.02 Å². The molecule has 7 nitrogen and oxygen atoms in total. The van der Waals surface area contributed by atoms with Gasteiger partial charge in [0, 0.05) is 19.3 Å². The monoisotopic (exact) mass is 332 g/mol. The van der Waals surface area contributed by atoms with E-state index in [9.17, 15) is 4.79 Å². The summed E-state index contributed by atoms with van der Waals surface area (Å²) in [6, 6.07) is 7.56. The molecule has 0 bridgehead atoms. The molecular weight excluding hydrogens is 316 g/mol. The molecule has 0 saturated carbocycles. The molecule has 3 aromatic rings. The van der Waals surface area contributed by atoms with E-state index < -0.39 is 0 Å². The normalized spacial score (nSPS) is 11.0. The van der Waals surface area contributed by atoms with Gasteiger partial charge in [-0.2, -0.15) is 5.10 Å². The average molecular weight is 333 g/mol. The van der Waals surface area contributed by atoms with Gasteiger partial charge in [0.15, 0.2) is 0 Å². The molecule has 0 aliphatic heterocycles. The highest BCUT2D eigenvalue weighted by atomic mass is 35.5. The third kappa shape index (κ3) is 3.68. The maximum atomic E-state index is 12.0. The molecule has 120 valence electrons. The fourth-order valence-corrected chi connectivity index (χ4v) is 2.45. The van der Waals surface area contributed by atoms with Crippen LogP contribution >= 0.6 is 11.6 Å². The molecule has 0 fully saturated rings. The van der Waals surface area contributed by atoms with Gasteiger partial charge in [0.05, 0.1) is 16.2 Å². The summed E-state index contributed by atoms with van der Waals surface area (Å²) in [7, 11) is 0. The van der Waals surface area contributed by atoms with E-state index in [0.717, 1.165) is 23.1 Å². The number of hydrogen-bond acceptors (Lipinski definition) is 4. The van der Waals surface area contributed by atoms with Gasteiger partial charge in [-0.05, 0) is 25.5 Å². The van der Waals surface area contributed by atoms with Crippen molar-refractivity contribution in [3.8, 4) is 0 Å². The van der Waals surface area contributed by atoms with Crippen LogP contribution in [0, 0.1) is 6.92 Å². The fourth-order valence-electron chi connectivity index (χ4n) is 2.30. The second-order valence-corrected chi connectivity index (χ2v) is 5.67. The zero-order valence-corrected chi connectivity index (χ0v) is 13.5. The van der Waals surface area contributed by atoms with Gasteiger partial charge in [0.1, 0.15) is 12.1 Å². The minimum absolute atomic E-state index is 0.0877. The molecule has 0 aliphatic carbocycles. The van der Waals surface area contributed by atoms with Crippen LogP contribution in [0.4, 0.5) is 0 Å². The van der Waals surface area contributed by atoms with Gasteiger partial charge in [-0.1, -0.05) is 28.9 Å². The van der Waals surface area contributed by atoms with Gasteiger partial charge in [0.25, 0.3) is 0 Å². The molecular formula is C15H17ClN6O. The summed E-state index contributed by atoms with van der Waals surface area (Å²) >= 11 is 5.95. The largest absolute Gasteiger partial charge is 0.354 e. The van der Waals surface area contributed by atoms with E-state index in [4.69, 9.17) is 11.6 Å². The Labute approximate surface area is 138 Å². The smallest absolute Gasteiger partial charge is 0.241 e. The fraction of sp³-hybridized carbons (Fsp3) is 0.333. The summed E-state index contributed by atoms with van der Waals surface area (Å²) in [6.45, 7) is 3.30. The molecule has 0 unspecified atom stereocenters. The predicted molar refractivity (Wildman–Crippen MR) is 87.1 cm³/mol. The topological polar surface area (TPSA) is 77.6 Å². The van der Waals surface area contributed by atoms with Crippen molar-refractivity contribution < 1.29 is 4.79 Å². The Balaban J connectivity index is 1.46. The number of aryl methyl sites for hydroxylation is 2. The Bertz CT molecular complexity index is 805. The van der Waals surface area contributed by atoms with Crippen molar-refractivity contribution in [3.05, 3.63) is 41.2 Å². The highest BCUT2D eigenvalue weighted by molar-refractivity contribution is 6.31. The van der Waals surface area contributed by atoms with Gasteiger partial charge in [-0.3, -0.25) is 9.48 Å². The Morgan fingerprint density at radius 3 is 2.96 bits per heavy atom. The van der Waals surface area contributed by atoms with E-state index in [0.29, 0.717) is 18.1 Å². The molecule has 0 atom stereocenters. The lowest BCUT2D eigenvalue weighted by Crippen LogP contribution is -2.29. The van der Waals surface area contributed by atoms with Crippen LogP contribution in [-0.4, -0.2) is 37.2 Å². The van der Waals surface area contributed by atoms with Crippen LogP contribution in [-0.2, 0) is 17.9 Å². The van der Waals surface area contributed by atoms with Crippen molar-refractivity contribution in [1.29, 1.82) is 0 Å². The summed E-state index contributed by atoms with van der Waals surface area (Å²) in [5.41, 5.74) is 2.45. The highest BCUT2D eigenvalue weighted by Crippen LogP contribution is 2.12. The molecule has 2 aromatic heterocycles. The van der Waals surface area contributed by atoms with E-state index >= 15 is 0 Å². The minimum atomic E-state index is -0.0877. The first-order valence-electron chi connectivity index (χ1n) is 7.38. The molecule has 0 spiro atoms. The summed E-state index contributed by atoms with van der Waals surface area (Å²) in [5, 5.41) is 15.8. The SMILES string of the molecule is Cc1nn(CCCNC(=O)Cn2nnc3ccccc32)cc1Cl. The number of benzene rings is 1. The number of carbonyl (C=O) groups is 1. The number of para-hydroxylation sites is 1. The average Bonchev–Trinajstić information content (AvgIpc) is 3.08. The molecule has 1 amide bonds. The van der Waals surface area contributed by atoms with Gasteiger partial charge >= 0.3 is 0 Å². The third-order valence-electron chi connectivity index (χ3n) is 3.49. The lowest BCUT2D eigenvalue weighted by molar-refractivity contribution is -0.121. The minimum Gasteiger partial charge on any atom is -0.354 e. The second kappa shape index (κ2) is 6.78. The first-order chi connectivity index (χ1) is 11.1. The van der Waals surface area contributed by atoms with Gasteiger partial charge in [-0.15, -0.1) is 5.10 Å². The van der Waals surface area contributed by atoms with Crippen molar-refractivity contribution in [1.82, 2.24) is 30.1 Å². The summed E-state index contributed by atoms with van der Waals surface area (Å²) in [6.07, 6.45) is 2.57. The number of nitrogens with zero attached hydrogens (tertiary/aromatic N) is 5. The zero-order chi connectivity index (χ0) is 16.2. The van der Waals surface area contributed by atoms with Crippen LogP contribution in [0.5, 0.6) is 0 Å². The molecule has 2 heterocycles. The Hall–Kier alpha value is -2.41. The van der Waals surface area contributed by atoms with Crippen molar-refractivity contribution in [2.45, 2.75) is 26.4 Å². The lowest BCUT2D eigenvalue weighted by Gasteiger charge is -2.06. The summed E-state index contributed by atoms with van der Waals surface area (Å²) in [4.78, 5) is 12.0. The number of fused-ring (bicyclic) bond motifs is 1. The summed E-state index contributed by atoms with van der Waals surface area (Å²) in [5.74, 6) is -0.0877. The van der Waals surface area contributed by atoms with Crippen LogP contribution in [0.15, 0.2) is 30.5 Å². The van der Waals surface area contributed by atoms with Crippen molar-refractivity contribution in [2.75, 3.05) is 6.54 Å². The number of carbonyl (C=O) groups excluding carboxylic acids is 1. The number of hydrogen-bond donors (Lipinski definition) is 1. The van der Waals surface area contributed by atoms with E-state index in [1.807, 2.05) is 31.2 Å². The van der Waals surface area contributed by atoms with E-state index in [2.05, 4.69) is 20.7 Å². The van der Waals surface area contributed by atoms with Crippen LogP contribution in [0.1, 0.15) is 12.1 Å². The van der Waals surface area contributed by atoms with E-state index in [1.54, 1.807) is 15.6 Å². The molecule has 0 saturated heterocycles. The zero-order valence-electron chi connectivity index (χ0n) is 12.7. The Morgan fingerprint density at radius 1 is 1.35 bits per heavy atom. The number of halogens is 1. The maximum absolute atomic E-state index is 12.0. The number of rotatable bonds is 6. The Kier molecular flexibility index (Phi) is 4.57. The molecule has 3 rings (SSSR count). The van der Waals surface area contributed by atoms with Crippen molar-refractivity contribution in [3.63, 3.8) is 0 Å². The third-order valence-corrected chi connectivity index (χ3v) is 3.86. The van der Waals surface area contributed by atoms with Crippen molar-refractivity contribution >= 4 is 28.5 Å². The molecule has 8 heteroatoms. The first-order valence-corrected chi connectivity index (χ1v) is 7.76. The van der Waals surface area contributed by atoms with Crippen LogP contribution in [0.25, 0.3) is 11.0 Å². The number of nitrogens with one attached hydrogen (secondary N) is 1. The quantitative estimate of drug-likeness (QED) is 0.698. The first kappa shape index (κ1) is 15.5. The second-order valence-electron chi connectivity index (χ2n) is 5.26. The van der Waals surface area contributed by atoms with Crippen LogP contribution < -0.4 is 5.32 Å². The molecule has 23 heavy (non-hydrogen) atoms. The predicted octanol–water partition coefficient (Wildman–Crippen LogP) is 1.80. The molecule has 1 aromatic carbocycles. The number of aromatic nitrogens is 5. The molecule has 0 radical (unpaired) electrons. The van der Waals surface area contributed by atoms with Gasteiger partial charge < -0.3 is 5.32 Å². The van der Waals surface area contributed by atoms with E-state index in [1.165, 1.54) is 0 Å². The highest BCUT2D eigenvalue weighted by Gasteiger charge is 2.08. The number of amides is 1. The Morgan fingerprint density at radius 2 is 2.17 bits per heavy atom. The van der Waals surface area contributed by atoms with Crippen molar-refractivity contribution in [2.24, 2.45) is 0 Å². The van der Waals surface area contributed by atoms with Crippen LogP contribution in [0.3, 0.4) is 0 Å². The van der Waals surface area contributed by atoms with Gasteiger partial charge in [-0.25, -0.2) is 4.68 Å². The summed E-state index contributed by atoms with van der Waals surface area (Å²) < 4.78 is 3.38.